The van der Waals surface area contributed by atoms with Crippen LogP contribution in [0.4, 0.5) is 13.2 Å². The fourth-order valence-electron chi connectivity index (χ4n) is 3.76. The van der Waals surface area contributed by atoms with Crippen LogP contribution in [0.3, 0.4) is 0 Å². The molecule has 2 aromatic heterocycles. The number of carbonyl (C=O) groups excluding carboxylic acids is 1. The van der Waals surface area contributed by atoms with E-state index in [9.17, 15) is 18.0 Å². The number of rotatable bonds is 6. The molecule has 0 aliphatic carbocycles. The number of allylic oxidation sites excluding steroid dienone is 1. The number of benzene rings is 3. The van der Waals surface area contributed by atoms with Crippen LogP contribution in [0.25, 0.3) is 34.3 Å². The molecule has 0 saturated heterocycles. The molecule has 0 amide bonds. The second-order valence-corrected chi connectivity index (χ2v) is 8.02. The summed E-state index contributed by atoms with van der Waals surface area (Å²) in [6.07, 6.45) is 0.388. The van der Waals surface area contributed by atoms with Gasteiger partial charge in [-0.3, -0.25) is 4.79 Å². The van der Waals surface area contributed by atoms with Crippen molar-refractivity contribution in [1.82, 2.24) is 9.78 Å². The van der Waals surface area contributed by atoms with Gasteiger partial charge in [0.15, 0.2) is 5.76 Å². The molecule has 5 aromatic rings. The largest absolute Gasteiger partial charge is 0.453 e. The number of alkyl halides is 3. The molecule has 0 saturated carbocycles. The predicted octanol–water partition coefficient (Wildman–Crippen LogP) is 7.71. The topological polar surface area (TPSA) is 48.0 Å². The summed E-state index contributed by atoms with van der Waals surface area (Å²) in [5, 5.41) is 4.71. The lowest BCUT2D eigenvalue weighted by molar-refractivity contribution is -0.137. The van der Waals surface area contributed by atoms with Crippen LogP contribution in [-0.4, -0.2) is 15.6 Å². The van der Waals surface area contributed by atoms with Gasteiger partial charge < -0.3 is 4.42 Å². The van der Waals surface area contributed by atoms with Crippen LogP contribution in [0.2, 0.25) is 0 Å². The summed E-state index contributed by atoms with van der Waals surface area (Å²) in [4.78, 5) is 12.8. The maximum Gasteiger partial charge on any atom is 0.416 e. The van der Waals surface area contributed by atoms with Crippen molar-refractivity contribution in [3.05, 3.63) is 126 Å². The van der Waals surface area contributed by atoms with Crippen LogP contribution in [0, 0.1) is 0 Å². The third kappa shape index (κ3) is 4.90. The van der Waals surface area contributed by atoms with E-state index in [0.29, 0.717) is 5.69 Å². The third-order valence-corrected chi connectivity index (χ3v) is 5.55. The highest BCUT2D eigenvalue weighted by atomic mass is 19.4. The SMILES string of the molecule is O=C(C=Cc1cn(-c2ccccc2)nc1-c1ccccc1)c1ccc(-c2cccc(C(F)(F)F)c2)o1. The predicted molar refractivity (Wildman–Crippen MR) is 132 cm³/mol. The molecule has 5 rings (SSSR count). The highest BCUT2D eigenvalue weighted by molar-refractivity contribution is 6.05. The van der Waals surface area contributed by atoms with E-state index in [0.717, 1.165) is 28.9 Å². The maximum atomic E-state index is 13.0. The first-order chi connectivity index (χ1) is 17.4. The number of hydrogen-bond donors (Lipinski definition) is 0. The van der Waals surface area contributed by atoms with Gasteiger partial charge in [-0.05, 0) is 48.6 Å². The van der Waals surface area contributed by atoms with E-state index in [1.807, 2.05) is 66.9 Å². The van der Waals surface area contributed by atoms with E-state index in [4.69, 9.17) is 9.52 Å². The minimum Gasteiger partial charge on any atom is -0.453 e. The van der Waals surface area contributed by atoms with Gasteiger partial charge in [-0.1, -0.05) is 60.7 Å². The quantitative estimate of drug-likeness (QED) is 0.183. The Morgan fingerprint density at radius 2 is 1.53 bits per heavy atom. The van der Waals surface area contributed by atoms with E-state index in [-0.39, 0.29) is 17.1 Å². The van der Waals surface area contributed by atoms with Crippen LogP contribution >= 0.6 is 0 Å². The summed E-state index contributed by atoms with van der Waals surface area (Å²) in [5.74, 6) is -0.213. The lowest BCUT2D eigenvalue weighted by Crippen LogP contribution is -2.04. The van der Waals surface area contributed by atoms with Crippen molar-refractivity contribution in [1.29, 1.82) is 0 Å². The Morgan fingerprint density at radius 3 is 2.25 bits per heavy atom. The highest BCUT2D eigenvalue weighted by Gasteiger charge is 2.30. The zero-order valence-corrected chi connectivity index (χ0v) is 18.8. The molecule has 7 heteroatoms. The lowest BCUT2D eigenvalue weighted by atomic mass is 10.1. The van der Waals surface area contributed by atoms with Gasteiger partial charge in [-0.2, -0.15) is 18.3 Å². The average molecular weight is 484 g/mol. The average Bonchev–Trinajstić information content (AvgIpc) is 3.56. The second-order valence-electron chi connectivity index (χ2n) is 8.02. The van der Waals surface area contributed by atoms with Crippen molar-refractivity contribution in [2.24, 2.45) is 0 Å². The van der Waals surface area contributed by atoms with Crippen LogP contribution in [0.15, 0.2) is 114 Å². The monoisotopic (exact) mass is 484 g/mol. The molecule has 0 bridgehead atoms. The number of para-hydroxylation sites is 1. The van der Waals surface area contributed by atoms with Gasteiger partial charge in [0.2, 0.25) is 5.78 Å². The highest BCUT2D eigenvalue weighted by Crippen LogP contribution is 2.33. The Labute approximate surface area is 204 Å². The van der Waals surface area contributed by atoms with Crippen molar-refractivity contribution >= 4 is 11.9 Å². The zero-order valence-electron chi connectivity index (χ0n) is 18.8. The van der Waals surface area contributed by atoms with Gasteiger partial charge in [0.1, 0.15) is 5.76 Å². The molecule has 4 nitrogen and oxygen atoms in total. The summed E-state index contributed by atoms with van der Waals surface area (Å²) in [6.45, 7) is 0. The minimum atomic E-state index is -4.47. The van der Waals surface area contributed by atoms with Gasteiger partial charge in [0, 0.05) is 22.9 Å². The van der Waals surface area contributed by atoms with E-state index in [1.54, 1.807) is 10.8 Å². The van der Waals surface area contributed by atoms with E-state index in [2.05, 4.69) is 0 Å². The molecule has 0 aliphatic rings. The first-order valence-corrected chi connectivity index (χ1v) is 11.1. The lowest BCUT2D eigenvalue weighted by Gasteiger charge is -2.07. The van der Waals surface area contributed by atoms with Gasteiger partial charge in [-0.25, -0.2) is 4.68 Å². The van der Waals surface area contributed by atoms with Crippen molar-refractivity contribution < 1.29 is 22.4 Å². The normalized spacial score (nSPS) is 11.8. The minimum absolute atomic E-state index is 0.0235. The molecule has 0 fully saturated rings. The Hall–Kier alpha value is -4.65. The summed E-state index contributed by atoms with van der Waals surface area (Å²) < 4.78 is 46.5. The maximum absolute atomic E-state index is 13.0. The van der Waals surface area contributed by atoms with Crippen molar-refractivity contribution in [3.8, 4) is 28.3 Å². The molecule has 178 valence electrons. The third-order valence-electron chi connectivity index (χ3n) is 5.55. The Bertz CT molecular complexity index is 1530. The van der Waals surface area contributed by atoms with Gasteiger partial charge in [-0.15, -0.1) is 0 Å². The number of nitrogens with zero attached hydrogens (tertiary/aromatic N) is 2. The second kappa shape index (κ2) is 9.54. The van der Waals surface area contributed by atoms with E-state index >= 15 is 0 Å². The van der Waals surface area contributed by atoms with Crippen molar-refractivity contribution in [3.63, 3.8) is 0 Å². The molecule has 36 heavy (non-hydrogen) atoms. The number of aromatic nitrogens is 2. The Morgan fingerprint density at radius 1 is 0.833 bits per heavy atom. The molecular formula is C29H19F3N2O2. The Balaban J connectivity index is 1.43. The van der Waals surface area contributed by atoms with Gasteiger partial charge in [0.25, 0.3) is 0 Å². The molecule has 0 radical (unpaired) electrons. The van der Waals surface area contributed by atoms with Crippen LogP contribution in [0.1, 0.15) is 21.7 Å². The van der Waals surface area contributed by atoms with Crippen molar-refractivity contribution in [2.75, 3.05) is 0 Å². The standard InChI is InChI=1S/C29H19F3N2O2/c30-29(31,32)23-11-7-10-21(18-23)26-16-17-27(36-26)25(35)15-14-22-19-34(24-12-5-2-6-13-24)33-28(22)20-8-3-1-4-9-20/h1-19H. The van der Waals surface area contributed by atoms with Crippen LogP contribution in [0.5, 0.6) is 0 Å². The fourth-order valence-corrected chi connectivity index (χ4v) is 3.76. The molecule has 0 N–H and O–H groups in total. The molecular weight excluding hydrogens is 465 g/mol. The smallest absolute Gasteiger partial charge is 0.416 e. The van der Waals surface area contributed by atoms with Gasteiger partial charge in [0.05, 0.1) is 16.9 Å². The van der Waals surface area contributed by atoms with Crippen LogP contribution < -0.4 is 0 Å². The molecule has 0 unspecified atom stereocenters. The first kappa shape index (κ1) is 23.1. The number of ketones is 1. The molecule has 0 spiro atoms. The van der Waals surface area contributed by atoms with E-state index < -0.39 is 17.5 Å². The van der Waals surface area contributed by atoms with Crippen molar-refractivity contribution in [2.45, 2.75) is 6.18 Å². The summed E-state index contributed by atoms with van der Waals surface area (Å²) in [6, 6.07) is 26.9. The number of hydrogen-bond acceptors (Lipinski definition) is 3. The molecule has 0 aliphatic heterocycles. The van der Waals surface area contributed by atoms with Crippen LogP contribution in [-0.2, 0) is 6.18 Å². The summed E-state index contributed by atoms with van der Waals surface area (Å²) in [5.41, 5.74) is 2.65. The molecule has 3 aromatic carbocycles. The Kier molecular flexibility index (Phi) is 6.12. The van der Waals surface area contributed by atoms with E-state index in [1.165, 1.54) is 30.3 Å². The number of halogens is 3. The molecule has 0 atom stereocenters. The number of carbonyl (C=O) groups is 1. The summed E-state index contributed by atoms with van der Waals surface area (Å²) in [7, 11) is 0. The first-order valence-electron chi connectivity index (χ1n) is 11.1. The fraction of sp³-hybridized carbons (Fsp3) is 0.0345. The summed E-state index contributed by atoms with van der Waals surface area (Å²) >= 11 is 0. The molecule has 2 heterocycles. The zero-order chi connectivity index (χ0) is 25.1. The number of furan rings is 1. The van der Waals surface area contributed by atoms with Gasteiger partial charge >= 0.3 is 6.18 Å².